The summed E-state index contributed by atoms with van der Waals surface area (Å²) >= 11 is 1.39. The fourth-order valence-electron chi connectivity index (χ4n) is 2.55. The molecule has 2 aromatic heterocycles. The lowest BCUT2D eigenvalue weighted by Crippen LogP contribution is -2.08. The zero-order valence-electron chi connectivity index (χ0n) is 14.0. The number of non-ortho nitro benzene ring substituents is 1. The van der Waals surface area contributed by atoms with Gasteiger partial charge >= 0.3 is 0 Å². The lowest BCUT2D eigenvalue weighted by Gasteiger charge is -2.11. The van der Waals surface area contributed by atoms with Crippen LogP contribution in [0.25, 0.3) is 26.9 Å². The van der Waals surface area contributed by atoms with Crippen LogP contribution in [0.1, 0.15) is 0 Å². The molecule has 0 spiro atoms. The standard InChI is InChI=1S/C17H14N6O2S/c1-21(2)13-7-3-11(4-8-13)15-18-19-17-22(15)20-16(26-17)12-5-9-14(10-6-12)23(24)25/h3-10H,1-2H3. The number of anilines is 1. The minimum absolute atomic E-state index is 0.0541. The second-order valence-corrected chi connectivity index (χ2v) is 6.83. The van der Waals surface area contributed by atoms with Gasteiger partial charge in [0.15, 0.2) is 5.82 Å². The highest BCUT2D eigenvalue weighted by atomic mass is 32.1. The van der Waals surface area contributed by atoms with Gasteiger partial charge in [-0.1, -0.05) is 11.3 Å². The molecule has 4 rings (SSSR count). The second-order valence-electron chi connectivity index (χ2n) is 5.87. The fourth-order valence-corrected chi connectivity index (χ4v) is 3.39. The molecule has 0 fully saturated rings. The molecule has 26 heavy (non-hydrogen) atoms. The van der Waals surface area contributed by atoms with Crippen LogP contribution in [0.4, 0.5) is 11.4 Å². The van der Waals surface area contributed by atoms with Gasteiger partial charge < -0.3 is 4.90 Å². The fraction of sp³-hybridized carbons (Fsp3) is 0.118. The van der Waals surface area contributed by atoms with E-state index >= 15 is 0 Å². The Morgan fingerprint density at radius 2 is 1.65 bits per heavy atom. The van der Waals surface area contributed by atoms with E-state index in [1.807, 2.05) is 43.3 Å². The van der Waals surface area contributed by atoms with Crippen LogP contribution in [0.5, 0.6) is 0 Å². The van der Waals surface area contributed by atoms with Gasteiger partial charge in [-0.3, -0.25) is 10.1 Å². The van der Waals surface area contributed by atoms with Crippen molar-refractivity contribution in [1.29, 1.82) is 0 Å². The van der Waals surface area contributed by atoms with E-state index in [-0.39, 0.29) is 5.69 Å². The van der Waals surface area contributed by atoms with Gasteiger partial charge in [-0.15, -0.1) is 10.2 Å². The third kappa shape index (κ3) is 2.78. The van der Waals surface area contributed by atoms with Gasteiger partial charge in [0.25, 0.3) is 5.69 Å². The van der Waals surface area contributed by atoms with Crippen LogP contribution < -0.4 is 4.90 Å². The van der Waals surface area contributed by atoms with Crippen molar-refractivity contribution in [2.75, 3.05) is 19.0 Å². The molecular formula is C17H14N6O2S. The molecule has 0 aliphatic rings. The van der Waals surface area contributed by atoms with Crippen molar-refractivity contribution < 1.29 is 4.92 Å². The molecule has 8 nitrogen and oxygen atoms in total. The molecule has 2 aromatic carbocycles. The van der Waals surface area contributed by atoms with Crippen LogP contribution in [0.3, 0.4) is 0 Å². The second kappa shape index (κ2) is 6.19. The first-order chi connectivity index (χ1) is 12.5. The van der Waals surface area contributed by atoms with Gasteiger partial charge in [-0.25, -0.2) is 0 Å². The first-order valence-corrected chi connectivity index (χ1v) is 8.59. The molecule has 0 unspecified atom stereocenters. The summed E-state index contributed by atoms with van der Waals surface area (Å²) < 4.78 is 1.70. The number of hydrogen-bond donors (Lipinski definition) is 0. The summed E-state index contributed by atoms with van der Waals surface area (Å²) in [5.41, 5.74) is 2.88. The number of fused-ring (bicyclic) bond motifs is 1. The third-order valence-corrected chi connectivity index (χ3v) is 4.91. The predicted molar refractivity (Wildman–Crippen MR) is 101 cm³/mol. The van der Waals surface area contributed by atoms with E-state index in [1.165, 1.54) is 23.5 Å². The molecule has 0 aliphatic heterocycles. The summed E-state index contributed by atoms with van der Waals surface area (Å²) in [4.78, 5) is 13.1. The summed E-state index contributed by atoms with van der Waals surface area (Å²) in [7, 11) is 3.97. The largest absolute Gasteiger partial charge is 0.378 e. The summed E-state index contributed by atoms with van der Waals surface area (Å²) in [6.07, 6.45) is 0. The Kier molecular flexibility index (Phi) is 3.85. The Morgan fingerprint density at radius 1 is 1.00 bits per heavy atom. The van der Waals surface area contributed by atoms with E-state index < -0.39 is 4.92 Å². The maximum atomic E-state index is 10.8. The molecule has 0 amide bonds. The number of rotatable bonds is 4. The maximum absolute atomic E-state index is 10.8. The zero-order chi connectivity index (χ0) is 18.3. The molecular weight excluding hydrogens is 352 g/mol. The minimum Gasteiger partial charge on any atom is -0.378 e. The molecule has 0 aliphatic carbocycles. The molecule has 0 bridgehead atoms. The molecule has 2 heterocycles. The minimum atomic E-state index is -0.419. The highest BCUT2D eigenvalue weighted by Gasteiger charge is 2.15. The van der Waals surface area contributed by atoms with E-state index in [0.717, 1.165) is 21.8 Å². The lowest BCUT2D eigenvalue weighted by molar-refractivity contribution is -0.384. The Labute approximate surface area is 152 Å². The monoisotopic (exact) mass is 366 g/mol. The maximum Gasteiger partial charge on any atom is 0.269 e. The Bertz CT molecular complexity index is 1080. The van der Waals surface area contributed by atoms with Gasteiger partial charge in [-0.2, -0.15) is 9.61 Å². The van der Waals surface area contributed by atoms with Crippen LogP contribution in [-0.2, 0) is 0 Å². The number of hydrogen-bond acceptors (Lipinski definition) is 7. The number of nitro benzene ring substituents is 1. The molecule has 0 atom stereocenters. The van der Waals surface area contributed by atoms with Crippen molar-refractivity contribution in [2.24, 2.45) is 0 Å². The van der Waals surface area contributed by atoms with Crippen molar-refractivity contribution in [3.8, 4) is 22.0 Å². The van der Waals surface area contributed by atoms with Crippen LogP contribution in [0, 0.1) is 10.1 Å². The SMILES string of the molecule is CN(C)c1ccc(-c2nnc3sc(-c4ccc([N+](=O)[O-])cc4)nn23)cc1. The van der Waals surface area contributed by atoms with Gasteiger partial charge in [0, 0.05) is 43.0 Å². The zero-order valence-corrected chi connectivity index (χ0v) is 14.8. The summed E-state index contributed by atoms with van der Waals surface area (Å²) in [6.45, 7) is 0. The Morgan fingerprint density at radius 3 is 2.27 bits per heavy atom. The van der Waals surface area contributed by atoms with Crippen LogP contribution in [0.2, 0.25) is 0 Å². The summed E-state index contributed by atoms with van der Waals surface area (Å²) in [6, 6.07) is 14.3. The van der Waals surface area contributed by atoms with E-state index in [4.69, 9.17) is 0 Å². The van der Waals surface area contributed by atoms with Gasteiger partial charge in [0.05, 0.1) is 4.92 Å². The number of nitrogens with zero attached hydrogens (tertiary/aromatic N) is 6. The quantitative estimate of drug-likeness (QED) is 0.406. The van der Waals surface area contributed by atoms with E-state index in [2.05, 4.69) is 15.3 Å². The molecule has 130 valence electrons. The topological polar surface area (TPSA) is 89.5 Å². The molecule has 0 N–H and O–H groups in total. The molecule has 4 aromatic rings. The van der Waals surface area contributed by atoms with Gasteiger partial charge in [0.1, 0.15) is 5.01 Å². The smallest absolute Gasteiger partial charge is 0.269 e. The average molecular weight is 366 g/mol. The van der Waals surface area contributed by atoms with Gasteiger partial charge in [-0.05, 0) is 36.4 Å². The first-order valence-electron chi connectivity index (χ1n) is 7.78. The molecule has 0 saturated carbocycles. The normalized spacial score (nSPS) is 11.0. The van der Waals surface area contributed by atoms with E-state index in [1.54, 1.807) is 16.6 Å². The van der Waals surface area contributed by atoms with Crippen molar-refractivity contribution in [1.82, 2.24) is 19.8 Å². The number of benzene rings is 2. The van der Waals surface area contributed by atoms with Crippen molar-refractivity contribution in [2.45, 2.75) is 0 Å². The van der Waals surface area contributed by atoms with Crippen molar-refractivity contribution in [3.05, 3.63) is 58.6 Å². The average Bonchev–Trinajstić information content (AvgIpc) is 3.22. The van der Waals surface area contributed by atoms with Crippen molar-refractivity contribution in [3.63, 3.8) is 0 Å². The third-order valence-electron chi connectivity index (χ3n) is 3.96. The van der Waals surface area contributed by atoms with E-state index in [9.17, 15) is 10.1 Å². The van der Waals surface area contributed by atoms with Crippen molar-refractivity contribution >= 4 is 27.7 Å². The number of nitro groups is 1. The number of aromatic nitrogens is 4. The predicted octanol–water partition coefficient (Wildman–Crippen LogP) is 3.49. The van der Waals surface area contributed by atoms with Gasteiger partial charge in [0.2, 0.25) is 4.96 Å². The Balaban J connectivity index is 1.71. The first kappa shape index (κ1) is 16.2. The summed E-state index contributed by atoms with van der Waals surface area (Å²) in [5.74, 6) is 0.662. The highest BCUT2D eigenvalue weighted by molar-refractivity contribution is 7.19. The summed E-state index contributed by atoms with van der Waals surface area (Å²) in [5, 5.41) is 24.5. The van der Waals surface area contributed by atoms with Crippen LogP contribution in [0.15, 0.2) is 48.5 Å². The van der Waals surface area contributed by atoms with Crippen LogP contribution in [-0.4, -0.2) is 38.8 Å². The molecule has 0 saturated heterocycles. The highest BCUT2D eigenvalue weighted by Crippen LogP contribution is 2.29. The lowest BCUT2D eigenvalue weighted by atomic mass is 10.2. The molecule has 0 radical (unpaired) electrons. The van der Waals surface area contributed by atoms with E-state index in [0.29, 0.717) is 10.8 Å². The molecule has 9 heteroatoms. The Hall–Kier alpha value is -3.33. The van der Waals surface area contributed by atoms with Crippen LogP contribution >= 0.6 is 11.3 Å².